The molecule has 5 heteroatoms. The molecular formula is C17H33IN4. The minimum Gasteiger partial charge on any atom is -0.356 e. The van der Waals surface area contributed by atoms with E-state index in [2.05, 4.69) is 53.4 Å². The van der Waals surface area contributed by atoms with Crippen LogP contribution in [0.2, 0.25) is 0 Å². The zero-order valence-corrected chi connectivity index (χ0v) is 16.8. The van der Waals surface area contributed by atoms with Crippen molar-refractivity contribution < 1.29 is 0 Å². The molecule has 0 spiro atoms. The molecule has 3 atom stereocenters. The third kappa shape index (κ3) is 5.72. The van der Waals surface area contributed by atoms with Crippen molar-refractivity contribution in [2.75, 3.05) is 26.7 Å². The van der Waals surface area contributed by atoms with Crippen molar-refractivity contribution in [2.24, 2.45) is 16.8 Å². The smallest absolute Gasteiger partial charge is 0.191 e. The van der Waals surface area contributed by atoms with Crippen LogP contribution in [0.5, 0.6) is 0 Å². The van der Waals surface area contributed by atoms with E-state index >= 15 is 0 Å². The van der Waals surface area contributed by atoms with E-state index in [-0.39, 0.29) is 24.0 Å². The highest BCUT2D eigenvalue weighted by Crippen LogP contribution is 2.19. The summed E-state index contributed by atoms with van der Waals surface area (Å²) in [5.74, 6) is 2.39. The first-order valence-electron chi connectivity index (χ1n) is 8.46. The third-order valence-corrected chi connectivity index (χ3v) is 4.85. The Labute approximate surface area is 153 Å². The zero-order valence-electron chi connectivity index (χ0n) is 14.5. The molecular weight excluding hydrogens is 387 g/mol. The van der Waals surface area contributed by atoms with Gasteiger partial charge in [0.15, 0.2) is 5.96 Å². The van der Waals surface area contributed by atoms with Crippen LogP contribution in [-0.4, -0.2) is 49.6 Å². The average Bonchev–Trinajstić information content (AvgIpc) is 2.86. The summed E-state index contributed by atoms with van der Waals surface area (Å²) < 4.78 is 0. The van der Waals surface area contributed by atoms with Gasteiger partial charge >= 0.3 is 0 Å². The Kier molecular flexibility index (Phi) is 8.75. The highest BCUT2D eigenvalue weighted by molar-refractivity contribution is 14.0. The Hall–Kier alpha value is -0.300. The molecule has 2 N–H and O–H groups in total. The van der Waals surface area contributed by atoms with Crippen LogP contribution in [0.3, 0.4) is 0 Å². The molecule has 3 unspecified atom stereocenters. The number of hydrogen-bond donors (Lipinski definition) is 2. The van der Waals surface area contributed by atoms with Crippen molar-refractivity contribution in [3.8, 4) is 0 Å². The van der Waals surface area contributed by atoms with Gasteiger partial charge in [0.2, 0.25) is 0 Å². The largest absolute Gasteiger partial charge is 0.356 e. The predicted molar refractivity (Wildman–Crippen MR) is 106 cm³/mol. The first-order chi connectivity index (χ1) is 10.1. The van der Waals surface area contributed by atoms with Gasteiger partial charge in [0.1, 0.15) is 0 Å². The van der Waals surface area contributed by atoms with E-state index < -0.39 is 0 Å². The number of nitrogens with one attached hydrogen (secondary N) is 2. The van der Waals surface area contributed by atoms with Gasteiger partial charge in [0.05, 0.1) is 0 Å². The van der Waals surface area contributed by atoms with Crippen LogP contribution >= 0.6 is 24.0 Å². The van der Waals surface area contributed by atoms with Crippen LogP contribution in [0, 0.1) is 11.8 Å². The zero-order chi connectivity index (χ0) is 15.2. The highest BCUT2D eigenvalue weighted by atomic mass is 127. The summed E-state index contributed by atoms with van der Waals surface area (Å²) in [4.78, 5) is 6.94. The van der Waals surface area contributed by atoms with E-state index in [1.165, 1.54) is 25.8 Å². The monoisotopic (exact) mass is 420 g/mol. The van der Waals surface area contributed by atoms with Gasteiger partial charge in [-0.05, 0) is 44.9 Å². The van der Waals surface area contributed by atoms with Gasteiger partial charge in [-0.15, -0.1) is 24.0 Å². The van der Waals surface area contributed by atoms with Crippen molar-refractivity contribution in [3.05, 3.63) is 12.2 Å². The van der Waals surface area contributed by atoms with E-state index in [9.17, 15) is 0 Å². The number of hydrogen-bond acceptors (Lipinski definition) is 2. The van der Waals surface area contributed by atoms with Crippen LogP contribution in [0.4, 0.5) is 0 Å². The maximum absolute atomic E-state index is 4.40. The second-order valence-corrected chi connectivity index (χ2v) is 6.88. The summed E-state index contributed by atoms with van der Waals surface area (Å²) in [5.41, 5.74) is 0. The molecule has 2 rings (SSSR count). The van der Waals surface area contributed by atoms with Crippen molar-refractivity contribution in [1.29, 1.82) is 0 Å². The van der Waals surface area contributed by atoms with Crippen molar-refractivity contribution in [3.63, 3.8) is 0 Å². The molecule has 22 heavy (non-hydrogen) atoms. The molecule has 0 aromatic carbocycles. The molecule has 2 aliphatic rings. The van der Waals surface area contributed by atoms with Crippen LogP contribution in [0.25, 0.3) is 0 Å². The lowest BCUT2D eigenvalue weighted by atomic mass is 9.94. The van der Waals surface area contributed by atoms with E-state index in [1.54, 1.807) is 0 Å². The van der Waals surface area contributed by atoms with Crippen LogP contribution in [0.1, 0.15) is 40.0 Å². The topological polar surface area (TPSA) is 39.7 Å². The maximum atomic E-state index is 4.40. The summed E-state index contributed by atoms with van der Waals surface area (Å²) >= 11 is 0. The second kappa shape index (κ2) is 9.75. The average molecular weight is 420 g/mol. The minimum absolute atomic E-state index is 0. The second-order valence-electron chi connectivity index (χ2n) is 6.88. The van der Waals surface area contributed by atoms with Crippen LogP contribution < -0.4 is 10.6 Å². The number of rotatable bonds is 4. The first kappa shape index (κ1) is 19.7. The van der Waals surface area contributed by atoms with Crippen molar-refractivity contribution in [1.82, 2.24) is 15.5 Å². The van der Waals surface area contributed by atoms with Gasteiger partial charge in [-0.2, -0.15) is 0 Å². The van der Waals surface area contributed by atoms with Crippen LogP contribution in [-0.2, 0) is 0 Å². The number of nitrogens with zero attached hydrogens (tertiary/aromatic N) is 2. The molecule has 0 aromatic heterocycles. The summed E-state index contributed by atoms with van der Waals surface area (Å²) in [6.07, 6.45) is 8.32. The number of aliphatic imine (C=N–C) groups is 1. The number of guanidine groups is 1. The molecule has 0 radical (unpaired) electrons. The molecule has 1 heterocycles. The van der Waals surface area contributed by atoms with Gasteiger partial charge in [-0.3, -0.25) is 9.89 Å². The lowest BCUT2D eigenvalue weighted by molar-refractivity contribution is 0.265. The maximum Gasteiger partial charge on any atom is 0.191 e. The third-order valence-electron chi connectivity index (χ3n) is 4.85. The van der Waals surface area contributed by atoms with Crippen LogP contribution in [0.15, 0.2) is 17.1 Å². The summed E-state index contributed by atoms with van der Waals surface area (Å²) in [7, 11) is 1.87. The van der Waals surface area contributed by atoms with E-state index in [4.69, 9.17) is 0 Å². The molecule has 0 amide bonds. The molecule has 1 aliphatic heterocycles. The molecule has 128 valence electrons. The van der Waals surface area contributed by atoms with Crippen molar-refractivity contribution in [2.45, 2.75) is 52.1 Å². The van der Waals surface area contributed by atoms with E-state index in [0.29, 0.717) is 18.0 Å². The molecule has 1 saturated heterocycles. The summed E-state index contributed by atoms with van der Waals surface area (Å²) in [5, 5.41) is 7.14. The molecule has 4 nitrogen and oxygen atoms in total. The van der Waals surface area contributed by atoms with Gasteiger partial charge < -0.3 is 10.6 Å². The fourth-order valence-corrected chi connectivity index (χ4v) is 3.27. The molecule has 1 aliphatic carbocycles. The number of allylic oxidation sites excluding steroid dienone is 2. The Morgan fingerprint density at radius 3 is 2.64 bits per heavy atom. The normalized spacial score (nSPS) is 29.5. The number of likely N-dealkylation sites (tertiary alicyclic amines) is 1. The Morgan fingerprint density at radius 2 is 2.09 bits per heavy atom. The van der Waals surface area contributed by atoms with E-state index in [1.807, 2.05) is 7.05 Å². The van der Waals surface area contributed by atoms with Crippen molar-refractivity contribution >= 4 is 29.9 Å². The standard InChI is InChI=1S/C17H32N4.HI/c1-13(2)21-11-14(3)16(12-21)20-17(18-4)19-10-15-8-6-5-7-9-15;/h5-6,13-16H,7-12H2,1-4H3,(H2,18,19,20);1H. The van der Waals surface area contributed by atoms with E-state index in [0.717, 1.165) is 25.0 Å². The fourth-order valence-electron chi connectivity index (χ4n) is 3.27. The fraction of sp³-hybridized carbons (Fsp3) is 0.824. The van der Waals surface area contributed by atoms with Gasteiger partial charge in [0, 0.05) is 38.8 Å². The van der Waals surface area contributed by atoms with Gasteiger partial charge in [-0.25, -0.2) is 0 Å². The Balaban J connectivity index is 0.00000242. The van der Waals surface area contributed by atoms with Gasteiger partial charge in [0.25, 0.3) is 0 Å². The lowest BCUT2D eigenvalue weighted by Gasteiger charge is -2.24. The molecule has 1 fully saturated rings. The lowest BCUT2D eigenvalue weighted by Crippen LogP contribution is -2.47. The minimum atomic E-state index is 0. The summed E-state index contributed by atoms with van der Waals surface area (Å²) in [6, 6.07) is 1.13. The Morgan fingerprint density at radius 1 is 1.32 bits per heavy atom. The number of halogens is 1. The first-order valence-corrected chi connectivity index (χ1v) is 8.46. The molecule has 0 bridgehead atoms. The Bertz CT molecular complexity index is 381. The molecule has 0 aromatic rings. The predicted octanol–water partition coefficient (Wildman–Crippen LogP) is 2.85. The quantitative estimate of drug-likeness (QED) is 0.318. The SMILES string of the molecule is CN=C(NCC1CC=CCC1)NC1CN(C(C)C)CC1C.I. The molecule has 0 saturated carbocycles. The summed E-state index contributed by atoms with van der Waals surface area (Å²) in [6.45, 7) is 10.2. The van der Waals surface area contributed by atoms with Gasteiger partial charge in [-0.1, -0.05) is 19.1 Å². The highest BCUT2D eigenvalue weighted by Gasteiger charge is 2.31.